The minimum Gasteiger partial charge on any atom is -0.396 e. The summed E-state index contributed by atoms with van der Waals surface area (Å²) < 4.78 is 0. The number of fused-ring (bicyclic) bond motifs is 1. The molecule has 2 saturated heterocycles. The first-order valence-electron chi connectivity index (χ1n) is 10.7. The van der Waals surface area contributed by atoms with Gasteiger partial charge >= 0.3 is 0 Å². The van der Waals surface area contributed by atoms with Crippen LogP contribution in [0.25, 0.3) is 22.0 Å². The molecule has 1 aromatic heterocycles. The van der Waals surface area contributed by atoms with Gasteiger partial charge in [0.05, 0.1) is 5.69 Å². The van der Waals surface area contributed by atoms with Crippen LogP contribution in [0.4, 0.5) is 5.95 Å². The van der Waals surface area contributed by atoms with Gasteiger partial charge in [-0.15, -0.1) is 0 Å². The molecule has 3 aromatic rings. The Morgan fingerprint density at radius 1 is 0.966 bits per heavy atom. The third kappa shape index (κ3) is 3.85. The van der Waals surface area contributed by atoms with Gasteiger partial charge in [0.2, 0.25) is 5.95 Å². The van der Waals surface area contributed by atoms with Crippen molar-refractivity contribution in [1.82, 2.24) is 14.9 Å². The molecule has 0 amide bonds. The summed E-state index contributed by atoms with van der Waals surface area (Å²) in [5.74, 6) is 1.26. The highest BCUT2D eigenvalue weighted by Crippen LogP contribution is 2.27. The molecule has 0 bridgehead atoms. The second-order valence-corrected chi connectivity index (χ2v) is 8.38. The summed E-state index contributed by atoms with van der Waals surface area (Å²) in [5.41, 5.74) is 2.10. The van der Waals surface area contributed by atoms with Crippen molar-refractivity contribution in [1.29, 1.82) is 0 Å². The molecule has 2 aliphatic rings. The first kappa shape index (κ1) is 18.5. The zero-order chi connectivity index (χ0) is 19.6. The van der Waals surface area contributed by atoms with Crippen molar-refractivity contribution in [3.8, 4) is 11.3 Å². The number of rotatable bonds is 4. The second kappa shape index (κ2) is 8.09. The van der Waals surface area contributed by atoms with Crippen LogP contribution in [0, 0.1) is 5.92 Å². The van der Waals surface area contributed by atoms with Crippen molar-refractivity contribution in [3.63, 3.8) is 0 Å². The molecule has 0 aliphatic carbocycles. The minimum atomic E-state index is 0.309. The van der Waals surface area contributed by atoms with Gasteiger partial charge < -0.3 is 10.0 Å². The van der Waals surface area contributed by atoms with E-state index in [4.69, 9.17) is 4.98 Å². The lowest BCUT2D eigenvalue weighted by Gasteiger charge is -2.36. The summed E-state index contributed by atoms with van der Waals surface area (Å²) in [4.78, 5) is 14.4. The van der Waals surface area contributed by atoms with E-state index in [1.54, 1.807) is 0 Å². The first-order chi connectivity index (χ1) is 14.3. The molecular formula is C24H28N4O. The van der Waals surface area contributed by atoms with Crippen molar-refractivity contribution in [3.05, 3.63) is 54.7 Å². The summed E-state index contributed by atoms with van der Waals surface area (Å²) in [6, 6.07) is 17.5. The predicted octanol–water partition coefficient (Wildman–Crippen LogP) is 3.58. The highest BCUT2D eigenvalue weighted by atomic mass is 16.3. The molecule has 5 nitrogen and oxygen atoms in total. The van der Waals surface area contributed by atoms with Gasteiger partial charge in [0, 0.05) is 44.0 Å². The predicted molar refractivity (Wildman–Crippen MR) is 117 cm³/mol. The fourth-order valence-corrected chi connectivity index (χ4v) is 4.81. The molecule has 2 aromatic carbocycles. The van der Waals surface area contributed by atoms with E-state index in [0.717, 1.165) is 56.2 Å². The number of aliphatic hydroxyl groups is 1. The van der Waals surface area contributed by atoms with Crippen molar-refractivity contribution >= 4 is 16.7 Å². The number of aromatic nitrogens is 2. The molecule has 2 aliphatic heterocycles. The van der Waals surface area contributed by atoms with Crippen molar-refractivity contribution in [2.45, 2.75) is 25.3 Å². The smallest absolute Gasteiger partial charge is 0.225 e. The molecular weight excluding hydrogens is 360 g/mol. The summed E-state index contributed by atoms with van der Waals surface area (Å²) in [6.45, 7) is 4.44. The fraction of sp³-hybridized carbons (Fsp3) is 0.417. The first-order valence-corrected chi connectivity index (χ1v) is 10.7. The van der Waals surface area contributed by atoms with Crippen LogP contribution in [0.2, 0.25) is 0 Å². The molecule has 2 fully saturated rings. The Labute approximate surface area is 172 Å². The second-order valence-electron chi connectivity index (χ2n) is 8.38. The van der Waals surface area contributed by atoms with Crippen LogP contribution in [0.1, 0.15) is 19.3 Å². The van der Waals surface area contributed by atoms with Crippen LogP contribution in [-0.4, -0.2) is 58.8 Å². The average Bonchev–Trinajstić information content (AvgIpc) is 3.29. The Kier molecular flexibility index (Phi) is 5.17. The van der Waals surface area contributed by atoms with Crippen LogP contribution in [0.15, 0.2) is 54.7 Å². The lowest BCUT2D eigenvalue weighted by Crippen LogP contribution is -2.44. The van der Waals surface area contributed by atoms with Crippen molar-refractivity contribution in [2.24, 2.45) is 5.92 Å². The average molecular weight is 389 g/mol. The van der Waals surface area contributed by atoms with Gasteiger partial charge in [-0.3, -0.25) is 4.90 Å². The van der Waals surface area contributed by atoms with E-state index < -0.39 is 0 Å². The summed E-state index contributed by atoms with van der Waals surface area (Å²) in [7, 11) is 0. The number of hydrogen-bond acceptors (Lipinski definition) is 5. The fourth-order valence-electron chi connectivity index (χ4n) is 4.81. The van der Waals surface area contributed by atoms with E-state index in [0.29, 0.717) is 18.6 Å². The molecule has 0 radical (unpaired) electrons. The molecule has 5 rings (SSSR count). The monoisotopic (exact) mass is 388 g/mol. The van der Waals surface area contributed by atoms with Gasteiger partial charge in [0.25, 0.3) is 0 Å². The van der Waals surface area contributed by atoms with Gasteiger partial charge in [-0.25, -0.2) is 9.97 Å². The van der Waals surface area contributed by atoms with Crippen LogP contribution in [-0.2, 0) is 0 Å². The Morgan fingerprint density at radius 3 is 2.76 bits per heavy atom. The van der Waals surface area contributed by atoms with Crippen molar-refractivity contribution in [2.75, 3.05) is 37.7 Å². The van der Waals surface area contributed by atoms with E-state index in [1.807, 2.05) is 12.3 Å². The SMILES string of the molecule is OCC1CCCN([C@@H]2CCN(c3nccc(-c4ccc5ccccc5c4)n3)C2)C1. The standard InChI is InChI=1S/C24H28N4O/c29-17-18-4-3-12-27(15-18)22-10-13-28(16-22)24-25-11-9-23(26-24)21-8-7-19-5-1-2-6-20(19)14-21/h1-2,5-9,11,14,18,22,29H,3-4,10,12-13,15-17H2/t18?,22-/m1/s1. The van der Waals surface area contributed by atoms with E-state index in [1.165, 1.54) is 17.2 Å². The maximum Gasteiger partial charge on any atom is 0.225 e. The lowest BCUT2D eigenvalue weighted by atomic mass is 9.97. The van der Waals surface area contributed by atoms with E-state index >= 15 is 0 Å². The maximum atomic E-state index is 9.53. The molecule has 3 heterocycles. The number of anilines is 1. The summed E-state index contributed by atoms with van der Waals surface area (Å²) in [6.07, 6.45) is 5.36. The highest BCUT2D eigenvalue weighted by Gasteiger charge is 2.32. The van der Waals surface area contributed by atoms with Gasteiger partial charge in [-0.1, -0.05) is 36.4 Å². The topological polar surface area (TPSA) is 52.5 Å². The molecule has 0 spiro atoms. The van der Waals surface area contributed by atoms with Gasteiger partial charge in [0.15, 0.2) is 0 Å². The van der Waals surface area contributed by atoms with E-state index in [9.17, 15) is 5.11 Å². The van der Waals surface area contributed by atoms with E-state index in [2.05, 4.69) is 57.2 Å². The maximum absolute atomic E-state index is 9.53. The number of nitrogens with zero attached hydrogens (tertiary/aromatic N) is 4. The van der Waals surface area contributed by atoms with Crippen LogP contribution >= 0.6 is 0 Å². The van der Waals surface area contributed by atoms with Gasteiger partial charge in [-0.05, 0) is 54.6 Å². The Morgan fingerprint density at radius 2 is 1.86 bits per heavy atom. The zero-order valence-electron chi connectivity index (χ0n) is 16.7. The summed E-state index contributed by atoms with van der Waals surface area (Å²) in [5, 5.41) is 12.0. The number of hydrogen-bond donors (Lipinski definition) is 1. The van der Waals surface area contributed by atoms with Crippen LogP contribution in [0.5, 0.6) is 0 Å². The lowest BCUT2D eigenvalue weighted by molar-refractivity contribution is 0.0944. The largest absolute Gasteiger partial charge is 0.396 e. The number of aliphatic hydroxyl groups excluding tert-OH is 1. The molecule has 2 atom stereocenters. The third-order valence-electron chi connectivity index (χ3n) is 6.46. The number of benzene rings is 2. The van der Waals surface area contributed by atoms with Gasteiger partial charge in [0.1, 0.15) is 0 Å². The van der Waals surface area contributed by atoms with Crippen LogP contribution in [0.3, 0.4) is 0 Å². The molecule has 1 N–H and O–H groups in total. The molecule has 1 unspecified atom stereocenters. The third-order valence-corrected chi connectivity index (χ3v) is 6.46. The Balaban J connectivity index is 1.33. The van der Waals surface area contributed by atoms with Gasteiger partial charge in [-0.2, -0.15) is 0 Å². The zero-order valence-corrected chi connectivity index (χ0v) is 16.7. The number of likely N-dealkylation sites (tertiary alicyclic amines) is 1. The Bertz CT molecular complexity index is 991. The highest BCUT2D eigenvalue weighted by molar-refractivity contribution is 5.86. The van der Waals surface area contributed by atoms with Crippen LogP contribution < -0.4 is 4.90 Å². The summed E-state index contributed by atoms with van der Waals surface area (Å²) >= 11 is 0. The molecule has 150 valence electrons. The molecule has 29 heavy (non-hydrogen) atoms. The van der Waals surface area contributed by atoms with E-state index in [-0.39, 0.29) is 0 Å². The van der Waals surface area contributed by atoms with Crippen molar-refractivity contribution < 1.29 is 5.11 Å². The number of piperidine rings is 1. The Hall–Kier alpha value is -2.50. The minimum absolute atomic E-state index is 0.309. The molecule has 0 saturated carbocycles. The normalized spacial score (nSPS) is 23.0. The quantitative estimate of drug-likeness (QED) is 0.740. The molecule has 5 heteroatoms.